The molecule has 0 saturated heterocycles. The molecule has 34 heavy (non-hydrogen) atoms. The van der Waals surface area contributed by atoms with E-state index in [-0.39, 0.29) is 5.89 Å². The van der Waals surface area contributed by atoms with Gasteiger partial charge in [-0.3, -0.25) is 4.79 Å². The standard InChI is InChI=1S/C14H21NO2S.C8H4BrNO2.2C2H6/c1-4-6-8-10(7-5-2)11-9-18-13(15-3)12(11)14(16)17;9-5-2-1-3-6-8(5)12-7(4-11)10-6;2*1-2/h6-9,14-17H,4-5H2,1-3H3;1-4H;2*1-2H3/b8-6-,10-7+;;;. The van der Waals surface area contributed by atoms with Crippen LogP contribution < -0.4 is 5.32 Å². The zero-order valence-electron chi connectivity index (χ0n) is 21.1. The second-order valence-electron chi connectivity index (χ2n) is 6.15. The predicted molar refractivity (Wildman–Crippen MR) is 149 cm³/mol. The zero-order valence-corrected chi connectivity index (χ0v) is 23.5. The van der Waals surface area contributed by atoms with E-state index in [2.05, 4.69) is 52.2 Å². The molecule has 3 aromatic rings. The number of nitrogens with zero attached hydrogens (tertiary/aromatic N) is 1. The number of carbonyl (C=O) groups is 1. The minimum Gasteiger partial charge on any atom is -0.433 e. The SMILES string of the molecule is CC.CC.CC/C=C\C(=C/CC)c1csc(NC)c1C(O)O.O=Cc1nc2cccc(Br)c2o1. The maximum Gasteiger partial charge on any atom is 0.260 e. The molecule has 1 aromatic carbocycles. The Morgan fingerprint density at radius 2 is 1.88 bits per heavy atom. The molecule has 0 saturated carbocycles. The van der Waals surface area contributed by atoms with Crippen molar-refractivity contribution >= 4 is 55.2 Å². The number of fused-ring (bicyclic) bond motifs is 1. The lowest BCUT2D eigenvalue weighted by Crippen LogP contribution is -2.01. The number of aliphatic hydroxyl groups is 2. The molecule has 2 aromatic heterocycles. The third-order valence-electron chi connectivity index (χ3n) is 4.07. The number of rotatable bonds is 7. The van der Waals surface area contributed by atoms with Crippen LogP contribution in [0.4, 0.5) is 5.00 Å². The molecule has 0 atom stereocenters. The largest absolute Gasteiger partial charge is 0.433 e. The van der Waals surface area contributed by atoms with Crippen LogP contribution in [0.1, 0.15) is 82.5 Å². The Labute approximate surface area is 215 Å². The lowest BCUT2D eigenvalue weighted by atomic mass is 10.0. The number of aromatic nitrogens is 1. The van der Waals surface area contributed by atoms with Crippen molar-refractivity contribution in [2.24, 2.45) is 0 Å². The van der Waals surface area contributed by atoms with Crippen molar-refractivity contribution in [1.29, 1.82) is 0 Å². The van der Waals surface area contributed by atoms with Crippen LogP contribution in [0.25, 0.3) is 16.7 Å². The molecule has 0 radical (unpaired) electrons. The molecule has 3 N–H and O–H groups in total. The van der Waals surface area contributed by atoms with Crippen LogP contribution in [0, 0.1) is 0 Å². The number of carbonyl (C=O) groups excluding carboxylic acids is 1. The molecule has 0 aliphatic rings. The molecular formula is C26H37BrN2O4S. The van der Waals surface area contributed by atoms with Crippen molar-refractivity contribution < 1.29 is 19.4 Å². The number of hydrogen-bond acceptors (Lipinski definition) is 7. The first-order valence-electron chi connectivity index (χ1n) is 11.5. The van der Waals surface area contributed by atoms with Crippen LogP contribution in [0.15, 0.2) is 50.7 Å². The Hall–Kier alpha value is -2.26. The van der Waals surface area contributed by atoms with Gasteiger partial charge in [0.2, 0.25) is 6.29 Å². The minimum atomic E-state index is -1.45. The summed E-state index contributed by atoms with van der Waals surface area (Å²) in [5.74, 6) is 0.108. The molecule has 6 nitrogen and oxygen atoms in total. The van der Waals surface area contributed by atoms with Gasteiger partial charge in [0.25, 0.3) is 5.89 Å². The Balaban J connectivity index is 0.000000587. The molecule has 0 unspecified atom stereocenters. The highest BCUT2D eigenvalue weighted by atomic mass is 79.9. The van der Waals surface area contributed by atoms with Gasteiger partial charge >= 0.3 is 0 Å². The molecule has 3 rings (SSSR count). The lowest BCUT2D eigenvalue weighted by Gasteiger charge is -2.10. The van der Waals surface area contributed by atoms with Crippen LogP contribution in [0.5, 0.6) is 0 Å². The summed E-state index contributed by atoms with van der Waals surface area (Å²) in [7, 11) is 1.78. The number of hydrogen-bond donors (Lipinski definition) is 3. The van der Waals surface area contributed by atoms with E-state index in [9.17, 15) is 15.0 Å². The van der Waals surface area contributed by atoms with E-state index in [4.69, 9.17) is 4.42 Å². The van der Waals surface area contributed by atoms with Crippen molar-refractivity contribution in [2.45, 2.75) is 60.7 Å². The van der Waals surface area contributed by atoms with Crippen LogP contribution in [-0.4, -0.2) is 28.5 Å². The van der Waals surface area contributed by atoms with E-state index in [1.165, 1.54) is 11.3 Å². The molecule has 0 fully saturated rings. The smallest absolute Gasteiger partial charge is 0.260 e. The third kappa shape index (κ3) is 9.18. The molecule has 0 amide bonds. The van der Waals surface area contributed by atoms with E-state index in [1.54, 1.807) is 13.1 Å². The summed E-state index contributed by atoms with van der Waals surface area (Å²) in [5.41, 5.74) is 3.79. The maximum absolute atomic E-state index is 10.3. The summed E-state index contributed by atoms with van der Waals surface area (Å²) < 4.78 is 5.93. The molecular weight excluding hydrogens is 516 g/mol. The Morgan fingerprint density at radius 1 is 1.21 bits per heavy atom. The molecule has 2 heterocycles. The molecule has 0 aliphatic heterocycles. The van der Waals surface area contributed by atoms with E-state index in [0.717, 1.165) is 33.5 Å². The number of aldehydes is 1. The fourth-order valence-corrected chi connectivity index (χ4v) is 4.15. The maximum atomic E-state index is 10.3. The van der Waals surface area contributed by atoms with Gasteiger partial charge < -0.3 is 19.9 Å². The quantitative estimate of drug-likeness (QED) is 0.156. The number of oxazole rings is 1. The fraction of sp³-hybridized carbons (Fsp3) is 0.385. The number of nitrogens with one attached hydrogen (secondary N) is 1. The Kier molecular flexibility index (Phi) is 16.9. The number of thiophene rings is 1. The summed E-state index contributed by atoms with van der Waals surface area (Å²) >= 11 is 4.78. The number of allylic oxidation sites excluding steroid dienone is 4. The first kappa shape index (κ1) is 31.7. The van der Waals surface area contributed by atoms with Crippen molar-refractivity contribution in [3.63, 3.8) is 0 Å². The van der Waals surface area contributed by atoms with Crippen LogP contribution in [0.3, 0.4) is 0 Å². The number of halogens is 1. The number of para-hydroxylation sites is 1. The number of aliphatic hydroxyl groups excluding tert-OH is 1. The van der Waals surface area contributed by atoms with Crippen LogP contribution in [0.2, 0.25) is 0 Å². The van der Waals surface area contributed by atoms with E-state index in [0.29, 0.717) is 22.9 Å². The third-order valence-corrected chi connectivity index (χ3v) is 5.70. The second kappa shape index (κ2) is 18.1. The van der Waals surface area contributed by atoms with Gasteiger partial charge in [-0.15, -0.1) is 11.3 Å². The highest BCUT2D eigenvalue weighted by Crippen LogP contribution is 2.36. The lowest BCUT2D eigenvalue weighted by molar-refractivity contribution is -0.0418. The van der Waals surface area contributed by atoms with Crippen molar-refractivity contribution in [1.82, 2.24) is 4.98 Å². The van der Waals surface area contributed by atoms with E-state index >= 15 is 0 Å². The first-order chi connectivity index (χ1) is 16.5. The highest BCUT2D eigenvalue weighted by Gasteiger charge is 2.18. The summed E-state index contributed by atoms with van der Waals surface area (Å²) in [5, 5.41) is 24.8. The van der Waals surface area contributed by atoms with Gasteiger partial charge in [0, 0.05) is 23.6 Å². The molecule has 8 heteroatoms. The predicted octanol–water partition coefficient (Wildman–Crippen LogP) is 7.99. The highest BCUT2D eigenvalue weighted by molar-refractivity contribution is 9.10. The van der Waals surface area contributed by atoms with Gasteiger partial charge in [-0.05, 0) is 46.5 Å². The fourth-order valence-electron chi connectivity index (χ4n) is 2.76. The zero-order chi connectivity index (χ0) is 26.1. The van der Waals surface area contributed by atoms with Crippen molar-refractivity contribution in [2.75, 3.05) is 12.4 Å². The number of anilines is 1. The average molecular weight is 554 g/mol. The topological polar surface area (TPSA) is 95.6 Å². The van der Waals surface area contributed by atoms with Crippen molar-refractivity contribution in [3.05, 3.63) is 63.3 Å². The van der Waals surface area contributed by atoms with Gasteiger partial charge in [0.1, 0.15) is 5.52 Å². The summed E-state index contributed by atoms with van der Waals surface area (Å²) in [4.78, 5) is 14.2. The monoisotopic (exact) mass is 552 g/mol. The summed E-state index contributed by atoms with van der Waals surface area (Å²) in [6.45, 7) is 12.1. The minimum absolute atomic E-state index is 0.108. The Bertz CT molecular complexity index is 1040. The van der Waals surface area contributed by atoms with Gasteiger partial charge in [0.05, 0.1) is 9.47 Å². The second-order valence-corrected chi connectivity index (χ2v) is 7.89. The van der Waals surface area contributed by atoms with Crippen LogP contribution in [-0.2, 0) is 0 Å². The van der Waals surface area contributed by atoms with Gasteiger partial charge in [-0.25, -0.2) is 4.98 Å². The summed E-state index contributed by atoms with van der Waals surface area (Å²) in [6.07, 6.45) is 7.22. The van der Waals surface area contributed by atoms with Gasteiger partial charge in [-0.2, -0.15) is 0 Å². The Morgan fingerprint density at radius 3 is 2.38 bits per heavy atom. The average Bonchev–Trinajstić information content (AvgIpc) is 3.50. The van der Waals surface area contributed by atoms with Gasteiger partial charge in [0.15, 0.2) is 11.9 Å². The van der Waals surface area contributed by atoms with Crippen LogP contribution >= 0.6 is 27.3 Å². The molecule has 188 valence electrons. The molecule has 0 bridgehead atoms. The normalized spacial score (nSPS) is 10.7. The van der Waals surface area contributed by atoms with Crippen molar-refractivity contribution in [3.8, 4) is 0 Å². The first-order valence-corrected chi connectivity index (χ1v) is 13.2. The summed E-state index contributed by atoms with van der Waals surface area (Å²) in [6, 6.07) is 5.46. The van der Waals surface area contributed by atoms with Gasteiger partial charge in [-0.1, -0.05) is 65.8 Å². The molecule has 0 aliphatic carbocycles. The number of benzene rings is 1. The van der Waals surface area contributed by atoms with E-state index < -0.39 is 6.29 Å². The van der Waals surface area contributed by atoms with E-state index in [1.807, 2.05) is 51.3 Å². The molecule has 0 spiro atoms.